The lowest BCUT2D eigenvalue weighted by atomic mass is 10.00. The molecule has 0 aliphatic carbocycles. The predicted molar refractivity (Wildman–Crippen MR) is 368 cm³/mol. The maximum Gasteiger partial charge on any atom is 0.342 e. The lowest BCUT2D eigenvalue weighted by molar-refractivity contribution is -0.137. The van der Waals surface area contributed by atoms with Gasteiger partial charge in [0.05, 0.1) is 30.4 Å². The number of aryl methyl sites for hydroxylation is 4. The van der Waals surface area contributed by atoms with Crippen molar-refractivity contribution in [2.45, 2.75) is 74.6 Å². The molecule has 0 saturated heterocycles. The van der Waals surface area contributed by atoms with Crippen molar-refractivity contribution in [3.63, 3.8) is 0 Å². The number of nitrogens with zero attached hydrogens (tertiary/aromatic N) is 8. The maximum absolute atomic E-state index is 13.2. The third kappa shape index (κ3) is 24.1. The summed E-state index contributed by atoms with van der Waals surface area (Å²) in [4.78, 5) is 84.1. The Kier molecular flexibility index (Phi) is 34.5. The van der Waals surface area contributed by atoms with E-state index in [-0.39, 0.29) is 65.5 Å². The van der Waals surface area contributed by atoms with Gasteiger partial charge in [0.2, 0.25) is 11.7 Å². The van der Waals surface area contributed by atoms with E-state index >= 15 is 0 Å². The molecule has 22 nitrogen and oxygen atoms in total. The van der Waals surface area contributed by atoms with Gasteiger partial charge in [-0.2, -0.15) is 20.4 Å². The third-order valence-electron chi connectivity index (χ3n) is 12.5. The predicted octanol–water partition coefficient (Wildman–Crippen LogP) is 9.68. The Bertz CT molecular complexity index is 3890. The molecule has 0 radical (unpaired) electrons. The summed E-state index contributed by atoms with van der Waals surface area (Å²) >= 11 is 2.00. The summed E-state index contributed by atoms with van der Waals surface area (Å²) in [5.41, 5.74) is 16.3. The molecule has 0 spiro atoms. The van der Waals surface area contributed by atoms with Gasteiger partial charge in [-0.1, -0.05) is 97.0 Å². The standard InChI is InChI=1S/C21H21FN4O3.C21H19FN4O3.C13H13FN2O2.C7H9IN2O2.CH5P.4CH4/c2*1-26-12-16(18(25-26)14-7-9-15(22)10-8-14)21(29)24-17(19(27)20(23)28)11-13-5-3-2-4-6-13;1-3-18-13(17)11-8-16(2)15-12(11)9-4-6-10(14)7-5-9;1-3-12-7(11)5-4-10(2)9-6(5)8;1-2;;;;/h2-10,12,17,19,27H,11H2,1H3,(H2,23,28)(H,24,29);2-10,12,17H,11H2,1H3,(H2,23,28)(H,24,29);4-8H,3H2,1-2H3;4H,3H2,1-2H3;2H2,1H3;4*1H4/i;;;;1D;;;;. The van der Waals surface area contributed by atoms with Crippen LogP contribution in [0.25, 0.3) is 33.8 Å². The van der Waals surface area contributed by atoms with Crippen LogP contribution in [0.2, 0.25) is 0 Å². The lowest BCUT2D eigenvalue weighted by Crippen LogP contribution is -2.50. The average molecular weight is 1430 g/mol. The molecule has 0 saturated carbocycles. The van der Waals surface area contributed by atoms with Crippen LogP contribution in [0.5, 0.6) is 0 Å². The number of primary amides is 2. The van der Waals surface area contributed by atoms with Gasteiger partial charge in [0.1, 0.15) is 55.4 Å². The summed E-state index contributed by atoms with van der Waals surface area (Å²) in [6.45, 7) is 4.63. The van der Waals surface area contributed by atoms with E-state index in [2.05, 4.69) is 40.3 Å². The number of hydrogen-bond donors (Lipinski definition) is 5. The molecule has 9 rings (SSSR count). The number of aliphatic hydroxyl groups is 1. The van der Waals surface area contributed by atoms with Crippen LogP contribution < -0.4 is 22.1 Å². The number of aromatic nitrogens is 8. The monoisotopic (exact) mass is 1430 g/mol. The molecule has 0 aliphatic heterocycles. The van der Waals surface area contributed by atoms with Crippen molar-refractivity contribution in [1.29, 1.82) is 0 Å². The molecule has 4 unspecified atom stereocenters. The van der Waals surface area contributed by atoms with E-state index in [9.17, 15) is 51.8 Å². The number of aliphatic hydroxyl groups excluding tert-OH is 1. The maximum atomic E-state index is 13.2. The quantitative estimate of drug-likeness (QED) is 0.0218. The number of nitrogens with two attached hydrogens (primary N) is 2. The highest BCUT2D eigenvalue weighted by atomic mass is 127. The summed E-state index contributed by atoms with van der Waals surface area (Å²) in [7, 11) is 9.03. The van der Waals surface area contributed by atoms with Crippen molar-refractivity contribution in [3.05, 3.63) is 213 Å². The Labute approximate surface area is 563 Å². The van der Waals surface area contributed by atoms with Gasteiger partial charge >= 0.3 is 11.9 Å². The second-order valence-electron chi connectivity index (χ2n) is 19.2. The van der Waals surface area contributed by atoms with Gasteiger partial charge in [0.15, 0.2) is 6.10 Å². The van der Waals surface area contributed by atoms with E-state index in [1.807, 2.05) is 59.0 Å². The Morgan fingerprint density at radius 1 is 0.543 bits per heavy atom. The average Bonchev–Trinajstić information content (AvgIpc) is 1.77. The van der Waals surface area contributed by atoms with Crippen LogP contribution in [0.1, 0.15) is 97.5 Å². The van der Waals surface area contributed by atoms with E-state index in [1.54, 1.807) is 95.5 Å². The van der Waals surface area contributed by atoms with Crippen molar-refractivity contribution < 1.29 is 62.7 Å². The van der Waals surface area contributed by atoms with Gasteiger partial charge in [-0.05, 0) is 127 Å². The Morgan fingerprint density at radius 2 is 0.872 bits per heavy atom. The Hall–Kier alpha value is -9.66. The van der Waals surface area contributed by atoms with E-state index in [0.29, 0.717) is 68.5 Å². The first-order valence-corrected chi connectivity index (χ1v) is 29.2. The van der Waals surface area contributed by atoms with Crippen LogP contribution in [0.15, 0.2) is 158 Å². The number of nitrogens with one attached hydrogen (secondary N) is 2. The molecule has 4 atom stereocenters. The number of carbonyl (C=O) groups is 7. The molecule has 4 heterocycles. The van der Waals surface area contributed by atoms with Gasteiger partial charge < -0.3 is 36.7 Å². The van der Waals surface area contributed by atoms with Crippen molar-refractivity contribution in [1.82, 2.24) is 49.8 Å². The zero-order valence-corrected chi connectivity index (χ0v) is 53.0. The molecular weight excluding hydrogens is 1350 g/mol. The summed E-state index contributed by atoms with van der Waals surface area (Å²) in [5.74, 6) is -5.95. The second kappa shape index (κ2) is 40.3. The second-order valence-corrected chi connectivity index (χ2v) is 20.2. The molecule has 9 aromatic rings. The van der Waals surface area contributed by atoms with Crippen LogP contribution in [0.3, 0.4) is 0 Å². The van der Waals surface area contributed by atoms with E-state index < -0.39 is 65.2 Å². The summed E-state index contributed by atoms with van der Waals surface area (Å²) < 4.78 is 62.0. The van der Waals surface area contributed by atoms with Crippen LogP contribution in [-0.2, 0) is 64.9 Å². The molecular formula is C67H83F3IN12O10P. The van der Waals surface area contributed by atoms with Crippen LogP contribution >= 0.6 is 31.8 Å². The number of esters is 2. The first-order valence-electron chi connectivity index (χ1n) is 28.0. The summed E-state index contributed by atoms with van der Waals surface area (Å²) in [6, 6.07) is 33.0. The highest BCUT2D eigenvalue weighted by molar-refractivity contribution is 14.1. The fourth-order valence-corrected chi connectivity index (χ4v) is 9.15. The Morgan fingerprint density at radius 3 is 1.22 bits per heavy atom. The highest BCUT2D eigenvalue weighted by Crippen LogP contribution is 2.26. The lowest BCUT2D eigenvalue weighted by Gasteiger charge is -2.22. The van der Waals surface area contributed by atoms with Crippen LogP contribution in [0, 0.1) is 21.2 Å². The van der Waals surface area contributed by atoms with Crippen molar-refractivity contribution >= 4 is 73.2 Å². The fraction of sp³-hybridized carbons (Fsp3) is 0.269. The smallest absolute Gasteiger partial charge is 0.342 e. The SMILES string of the molecule is C.C.C.C.CCOC(=O)c1cn(C)nc1-c1ccc(F)cc1.CCOC(=O)c1cn(C)nc1I.Cn1cc(C(=O)NC(Cc2ccccc2)C(=O)C(N)=O)c(-c2ccc(F)cc2)n1.Cn1cc(C(=O)NC(Cc2ccccc2)C(O)C(N)=O)c(-c2ccc(F)cc2)n1.[2H]CP. The summed E-state index contributed by atoms with van der Waals surface area (Å²) in [6.07, 6.45) is 5.01. The van der Waals surface area contributed by atoms with Crippen molar-refractivity contribution in [2.75, 3.05) is 19.9 Å². The Balaban J connectivity index is 0.000000642. The number of carbonyl (C=O) groups excluding carboxylic acids is 7. The molecule has 0 bridgehead atoms. The number of ketones is 1. The van der Waals surface area contributed by atoms with Gasteiger partial charge in [0, 0.05) is 77.5 Å². The number of benzene rings is 5. The number of halogens is 4. The number of Topliss-reactive ketones (excluding diaryl/α,β-unsaturated/α-hetero) is 1. The van der Waals surface area contributed by atoms with Gasteiger partial charge in [-0.25, -0.2) is 22.8 Å². The minimum atomic E-state index is -1.56. The van der Waals surface area contributed by atoms with E-state index in [4.69, 9.17) is 22.3 Å². The van der Waals surface area contributed by atoms with Crippen molar-refractivity contribution in [2.24, 2.45) is 39.7 Å². The largest absolute Gasteiger partial charge is 0.462 e. The molecule has 27 heteroatoms. The zero-order chi connectivity index (χ0) is 66.9. The zero-order valence-electron chi connectivity index (χ0n) is 50.7. The molecule has 504 valence electrons. The topological polar surface area (TPSA) is 306 Å². The summed E-state index contributed by atoms with van der Waals surface area (Å²) in [5, 5.41) is 32.2. The first kappa shape index (κ1) is 80.4. The van der Waals surface area contributed by atoms with Gasteiger partial charge in [-0.15, -0.1) is 9.24 Å². The molecule has 5 aromatic carbocycles. The molecule has 7 N–H and O–H groups in total. The normalized spacial score (nSPS) is 11.0. The van der Waals surface area contributed by atoms with Crippen LogP contribution in [-0.4, -0.2) is 124 Å². The van der Waals surface area contributed by atoms with E-state index in [1.165, 1.54) is 87.1 Å². The van der Waals surface area contributed by atoms with Gasteiger partial charge in [-0.3, -0.25) is 42.7 Å². The van der Waals surface area contributed by atoms with E-state index in [0.717, 1.165) is 11.1 Å². The number of hydrogen-bond acceptors (Lipinski definition) is 14. The molecule has 0 aliphatic rings. The molecule has 4 aromatic heterocycles. The number of rotatable bonds is 19. The van der Waals surface area contributed by atoms with Gasteiger partial charge in [0.25, 0.3) is 17.7 Å². The third-order valence-corrected chi connectivity index (χ3v) is 13.3. The molecule has 0 fully saturated rings. The molecule has 4 amide bonds. The fourth-order valence-electron chi connectivity index (χ4n) is 8.45. The molecule has 94 heavy (non-hydrogen) atoms. The minimum Gasteiger partial charge on any atom is -0.462 e. The van der Waals surface area contributed by atoms with Crippen molar-refractivity contribution in [3.8, 4) is 33.8 Å². The highest BCUT2D eigenvalue weighted by Gasteiger charge is 2.30. The number of ether oxygens (including phenoxy) is 2. The first-order chi connectivity index (χ1) is 43.4. The van der Waals surface area contributed by atoms with Crippen LogP contribution in [0.4, 0.5) is 13.2 Å². The minimum absolute atomic E-state index is 0. The number of amides is 4.